The molecule has 0 saturated carbocycles. The Morgan fingerprint density at radius 1 is 0.952 bits per heavy atom. The lowest BCUT2D eigenvalue weighted by molar-refractivity contribution is 0.158. The van der Waals surface area contributed by atoms with E-state index < -0.39 is 0 Å². The van der Waals surface area contributed by atoms with E-state index in [1.807, 2.05) is 0 Å². The molecule has 21 heavy (non-hydrogen) atoms. The zero-order chi connectivity index (χ0) is 13.8. The summed E-state index contributed by atoms with van der Waals surface area (Å²) in [5.41, 5.74) is 7.32. The summed E-state index contributed by atoms with van der Waals surface area (Å²) in [6.07, 6.45) is 2.30. The summed E-state index contributed by atoms with van der Waals surface area (Å²) in [5, 5.41) is 1.42. The van der Waals surface area contributed by atoms with Crippen LogP contribution in [-0.2, 0) is 19.4 Å². The van der Waals surface area contributed by atoms with Crippen molar-refractivity contribution in [1.82, 2.24) is 9.88 Å². The molecule has 0 amide bonds. The molecule has 2 nitrogen and oxygen atoms in total. The molecule has 1 N–H and O–H groups in total. The van der Waals surface area contributed by atoms with E-state index in [-0.39, 0.29) is 0 Å². The van der Waals surface area contributed by atoms with Gasteiger partial charge < -0.3 is 4.98 Å². The van der Waals surface area contributed by atoms with Crippen LogP contribution in [0.3, 0.4) is 0 Å². The summed E-state index contributed by atoms with van der Waals surface area (Å²) >= 11 is 0. The first kappa shape index (κ1) is 11.6. The number of hydrogen-bond acceptors (Lipinski definition) is 1. The Labute approximate surface area is 124 Å². The molecular weight excluding hydrogens is 256 g/mol. The van der Waals surface area contributed by atoms with Gasteiger partial charge in [-0.25, -0.2) is 0 Å². The number of rotatable bonds is 0. The minimum atomic E-state index is 0.524. The number of fused-ring (bicyclic) bond motifs is 6. The van der Waals surface area contributed by atoms with Gasteiger partial charge in [0.15, 0.2) is 0 Å². The van der Waals surface area contributed by atoms with Crippen molar-refractivity contribution in [2.45, 2.75) is 25.4 Å². The average molecular weight is 274 g/mol. The minimum absolute atomic E-state index is 0.524. The molecule has 2 aliphatic heterocycles. The molecule has 104 valence electrons. The number of nitrogens with one attached hydrogen (secondary N) is 1. The highest BCUT2D eigenvalue weighted by Gasteiger charge is 2.33. The van der Waals surface area contributed by atoms with Crippen LogP contribution in [0.5, 0.6) is 0 Å². The van der Waals surface area contributed by atoms with Gasteiger partial charge in [0.1, 0.15) is 0 Å². The molecule has 2 aromatic carbocycles. The van der Waals surface area contributed by atoms with Gasteiger partial charge in [-0.05, 0) is 35.6 Å². The molecule has 0 aliphatic carbocycles. The standard InChI is InChI=1S/C19H18N2/c1-2-6-14-12-21-10-9-16-15-7-3-4-8-17(15)20-19(16)18(21)11-13(14)5-1/h1-8,18,20H,9-12H2/t18-/m0/s1. The highest BCUT2D eigenvalue weighted by molar-refractivity contribution is 5.85. The smallest absolute Gasteiger partial charge is 0.0545 e. The first-order valence-electron chi connectivity index (χ1n) is 7.80. The first-order valence-corrected chi connectivity index (χ1v) is 7.80. The Morgan fingerprint density at radius 3 is 2.71 bits per heavy atom. The number of hydrogen-bond donors (Lipinski definition) is 1. The van der Waals surface area contributed by atoms with Crippen LogP contribution < -0.4 is 0 Å². The second-order valence-corrected chi connectivity index (χ2v) is 6.27. The van der Waals surface area contributed by atoms with Crippen molar-refractivity contribution < 1.29 is 0 Å². The summed E-state index contributed by atoms with van der Waals surface area (Å²) < 4.78 is 0. The third kappa shape index (κ3) is 1.63. The van der Waals surface area contributed by atoms with Crippen LogP contribution in [0, 0.1) is 0 Å². The second kappa shape index (κ2) is 4.22. The lowest BCUT2D eigenvalue weighted by Crippen LogP contribution is -2.39. The SMILES string of the molecule is c1ccc2c(c1)C[C@H]1c3[nH]c4ccccc4c3CCN1C2. The van der Waals surface area contributed by atoms with Gasteiger partial charge in [-0.1, -0.05) is 42.5 Å². The average Bonchev–Trinajstić information content (AvgIpc) is 2.92. The lowest BCUT2D eigenvalue weighted by atomic mass is 9.87. The summed E-state index contributed by atoms with van der Waals surface area (Å²) in [6.45, 7) is 2.27. The zero-order valence-corrected chi connectivity index (χ0v) is 12.0. The number of aromatic nitrogens is 1. The van der Waals surface area contributed by atoms with Crippen molar-refractivity contribution in [3.8, 4) is 0 Å². The zero-order valence-electron chi connectivity index (χ0n) is 12.0. The van der Waals surface area contributed by atoms with Gasteiger partial charge in [-0.3, -0.25) is 4.90 Å². The van der Waals surface area contributed by atoms with E-state index in [0.29, 0.717) is 6.04 Å². The van der Waals surface area contributed by atoms with Crippen molar-refractivity contribution >= 4 is 10.9 Å². The predicted molar refractivity (Wildman–Crippen MR) is 85.3 cm³/mol. The van der Waals surface area contributed by atoms with E-state index in [9.17, 15) is 0 Å². The van der Waals surface area contributed by atoms with Gasteiger partial charge in [-0.15, -0.1) is 0 Å². The van der Waals surface area contributed by atoms with E-state index in [1.165, 1.54) is 34.3 Å². The second-order valence-electron chi connectivity index (χ2n) is 6.27. The number of H-pyrrole nitrogens is 1. The molecule has 1 atom stereocenters. The van der Waals surface area contributed by atoms with E-state index >= 15 is 0 Å². The molecule has 0 fully saturated rings. The van der Waals surface area contributed by atoms with Crippen LogP contribution in [0.2, 0.25) is 0 Å². The highest BCUT2D eigenvalue weighted by atomic mass is 15.2. The molecular formula is C19H18N2. The fraction of sp³-hybridized carbons (Fsp3) is 0.263. The topological polar surface area (TPSA) is 19.0 Å². The normalized spacial score (nSPS) is 20.9. The number of nitrogens with zero attached hydrogens (tertiary/aromatic N) is 1. The van der Waals surface area contributed by atoms with Crippen LogP contribution in [0.25, 0.3) is 10.9 Å². The van der Waals surface area contributed by atoms with Crippen LogP contribution in [0.15, 0.2) is 48.5 Å². The third-order valence-corrected chi connectivity index (χ3v) is 5.17. The Morgan fingerprint density at radius 2 is 1.76 bits per heavy atom. The number of para-hydroxylation sites is 1. The molecule has 2 aliphatic rings. The Kier molecular flexibility index (Phi) is 2.33. The first-order chi connectivity index (χ1) is 10.4. The third-order valence-electron chi connectivity index (χ3n) is 5.17. The van der Waals surface area contributed by atoms with E-state index in [0.717, 1.165) is 19.4 Å². The monoisotopic (exact) mass is 274 g/mol. The maximum atomic E-state index is 3.70. The molecule has 1 aromatic heterocycles. The Hall–Kier alpha value is -2.06. The van der Waals surface area contributed by atoms with Crippen LogP contribution in [0.4, 0.5) is 0 Å². The van der Waals surface area contributed by atoms with Gasteiger partial charge >= 0.3 is 0 Å². The molecule has 3 heterocycles. The van der Waals surface area contributed by atoms with Crippen molar-refractivity contribution in [2.75, 3.05) is 6.54 Å². The highest BCUT2D eigenvalue weighted by Crippen LogP contribution is 2.40. The van der Waals surface area contributed by atoms with Crippen LogP contribution >= 0.6 is 0 Å². The Balaban J connectivity index is 1.66. The van der Waals surface area contributed by atoms with Crippen LogP contribution in [-0.4, -0.2) is 16.4 Å². The van der Waals surface area contributed by atoms with Crippen LogP contribution in [0.1, 0.15) is 28.4 Å². The van der Waals surface area contributed by atoms with Crippen molar-refractivity contribution in [3.63, 3.8) is 0 Å². The number of aromatic amines is 1. The Bertz CT molecular complexity index is 830. The van der Waals surface area contributed by atoms with Crippen molar-refractivity contribution in [1.29, 1.82) is 0 Å². The molecule has 0 unspecified atom stereocenters. The lowest BCUT2D eigenvalue weighted by Gasteiger charge is -2.40. The van der Waals surface area contributed by atoms with Gasteiger partial charge in [0.05, 0.1) is 6.04 Å². The number of benzene rings is 2. The molecule has 3 aromatic rings. The molecule has 0 radical (unpaired) electrons. The molecule has 0 spiro atoms. The quantitative estimate of drug-likeness (QED) is 0.660. The van der Waals surface area contributed by atoms with Gasteiger partial charge in [-0.2, -0.15) is 0 Å². The predicted octanol–water partition coefficient (Wildman–Crippen LogP) is 3.82. The van der Waals surface area contributed by atoms with E-state index in [2.05, 4.69) is 58.4 Å². The van der Waals surface area contributed by atoms with Crippen molar-refractivity contribution in [2.24, 2.45) is 0 Å². The summed E-state index contributed by atoms with van der Waals surface area (Å²) in [5.74, 6) is 0. The molecule has 2 heteroatoms. The maximum absolute atomic E-state index is 3.70. The molecule has 5 rings (SSSR count). The van der Waals surface area contributed by atoms with E-state index in [1.54, 1.807) is 5.56 Å². The van der Waals surface area contributed by atoms with Gasteiger partial charge in [0.2, 0.25) is 0 Å². The van der Waals surface area contributed by atoms with Crippen molar-refractivity contribution in [3.05, 3.63) is 70.9 Å². The largest absolute Gasteiger partial charge is 0.357 e. The fourth-order valence-corrected chi connectivity index (χ4v) is 4.13. The van der Waals surface area contributed by atoms with E-state index in [4.69, 9.17) is 0 Å². The summed E-state index contributed by atoms with van der Waals surface area (Å²) in [4.78, 5) is 6.34. The minimum Gasteiger partial charge on any atom is -0.357 e. The fourth-order valence-electron chi connectivity index (χ4n) is 4.13. The van der Waals surface area contributed by atoms with Gasteiger partial charge in [0.25, 0.3) is 0 Å². The van der Waals surface area contributed by atoms with Gasteiger partial charge in [0, 0.05) is 29.7 Å². The maximum Gasteiger partial charge on any atom is 0.0545 e. The summed E-state index contributed by atoms with van der Waals surface area (Å²) in [7, 11) is 0. The summed E-state index contributed by atoms with van der Waals surface area (Å²) in [6, 6.07) is 18.2. The molecule has 0 saturated heterocycles. The molecule has 0 bridgehead atoms.